The van der Waals surface area contributed by atoms with Gasteiger partial charge in [-0.1, -0.05) is 134 Å². The summed E-state index contributed by atoms with van der Waals surface area (Å²) in [5.74, 6) is -0.200. The highest BCUT2D eigenvalue weighted by atomic mass is 16.7. The van der Waals surface area contributed by atoms with E-state index >= 15 is 0 Å². The topological polar surface area (TPSA) is 149 Å². The van der Waals surface area contributed by atoms with Gasteiger partial charge in [0.05, 0.1) is 25.4 Å². The molecule has 7 atom stereocenters. The highest BCUT2D eigenvalue weighted by Crippen LogP contribution is 2.22. The van der Waals surface area contributed by atoms with Crippen LogP contribution in [-0.4, -0.2) is 87.5 Å². The van der Waals surface area contributed by atoms with Crippen LogP contribution < -0.4 is 5.32 Å². The van der Waals surface area contributed by atoms with E-state index < -0.39 is 49.5 Å². The van der Waals surface area contributed by atoms with Crippen LogP contribution in [0.3, 0.4) is 0 Å². The highest BCUT2D eigenvalue weighted by molar-refractivity contribution is 5.76. The van der Waals surface area contributed by atoms with Crippen LogP contribution in [0.5, 0.6) is 0 Å². The van der Waals surface area contributed by atoms with Crippen molar-refractivity contribution >= 4 is 5.91 Å². The number of unbranched alkanes of at least 4 members (excludes halogenated alkanes) is 18. The van der Waals surface area contributed by atoms with Gasteiger partial charge in [0.25, 0.3) is 0 Å². The third kappa shape index (κ3) is 23.1. The molecule has 50 heavy (non-hydrogen) atoms. The maximum atomic E-state index is 12.9. The van der Waals surface area contributed by atoms with Crippen LogP contribution in [0.25, 0.3) is 0 Å². The van der Waals surface area contributed by atoms with Crippen molar-refractivity contribution in [2.45, 2.75) is 204 Å². The maximum absolute atomic E-state index is 12.9. The molecule has 1 saturated heterocycles. The summed E-state index contributed by atoms with van der Waals surface area (Å²) in [4.78, 5) is 12.9. The van der Waals surface area contributed by atoms with Crippen molar-refractivity contribution in [3.63, 3.8) is 0 Å². The van der Waals surface area contributed by atoms with E-state index in [-0.39, 0.29) is 12.5 Å². The lowest BCUT2D eigenvalue weighted by Crippen LogP contribution is -2.60. The van der Waals surface area contributed by atoms with E-state index in [2.05, 4.69) is 43.5 Å². The second-order valence-electron chi connectivity index (χ2n) is 14.1. The van der Waals surface area contributed by atoms with Crippen molar-refractivity contribution in [1.82, 2.24) is 5.32 Å². The maximum Gasteiger partial charge on any atom is 0.220 e. The van der Waals surface area contributed by atoms with Gasteiger partial charge < -0.3 is 40.3 Å². The zero-order chi connectivity index (χ0) is 36.7. The molecule has 7 unspecified atom stereocenters. The number of aliphatic hydroxyl groups is 5. The van der Waals surface area contributed by atoms with E-state index in [0.717, 1.165) is 57.8 Å². The van der Waals surface area contributed by atoms with Gasteiger partial charge >= 0.3 is 0 Å². The number of hydrogen-bond acceptors (Lipinski definition) is 8. The van der Waals surface area contributed by atoms with Gasteiger partial charge in [-0.05, 0) is 57.8 Å². The number of carbonyl (C=O) groups excluding carboxylic acids is 1. The average Bonchev–Trinajstić information content (AvgIpc) is 3.11. The summed E-state index contributed by atoms with van der Waals surface area (Å²) >= 11 is 0. The number of amides is 1. The first-order chi connectivity index (χ1) is 24.3. The number of ether oxygens (including phenoxy) is 2. The molecule has 1 heterocycles. The van der Waals surface area contributed by atoms with Crippen molar-refractivity contribution < 1.29 is 39.8 Å². The Bertz CT molecular complexity index is 879. The summed E-state index contributed by atoms with van der Waals surface area (Å²) < 4.78 is 11.1. The first-order valence-electron chi connectivity index (χ1n) is 20.2. The Balaban J connectivity index is 2.47. The monoisotopic (exact) mass is 710 g/mol. The molecule has 1 rings (SSSR count). The molecule has 9 nitrogen and oxygen atoms in total. The van der Waals surface area contributed by atoms with Gasteiger partial charge in [-0.3, -0.25) is 4.79 Å². The van der Waals surface area contributed by atoms with Gasteiger partial charge in [-0.25, -0.2) is 0 Å². The average molecular weight is 710 g/mol. The van der Waals surface area contributed by atoms with Gasteiger partial charge in [0, 0.05) is 6.42 Å². The third-order valence-corrected chi connectivity index (χ3v) is 9.44. The zero-order valence-corrected chi connectivity index (χ0v) is 31.6. The lowest BCUT2D eigenvalue weighted by atomic mass is 9.99. The molecular weight excluding hydrogens is 634 g/mol. The predicted octanol–water partition coefficient (Wildman–Crippen LogP) is 7.33. The van der Waals surface area contributed by atoms with Gasteiger partial charge in [-0.2, -0.15) is 0 Å². The molecule has 0 spiro atoms. The molecule has 292 valence electrons. The zero-order valence-electron chi connectivity index (χ0n) is 31.6. The van der Waals surface area contributed by atoms with E-state index in [1.807, 2.05) is 6.08 Å². The SMILES string of the molecule is CCCCC/C=C\CCCCCCCC(=O)NC(COC1OC(CO)C(O)C(O)C1O)C(O)/C=C/CC/C=C/CCCCCCCCCCC. The van der Waals surface area contributed by atoms with Crippen molar-refractivity contribution in [1.29, 1.82) is 0 Å². The summed E-state index contributed by atoms with van der Waals surface area (Å²) in [6.45, 7) is 3.69. The summed E-state index contributed by atoms with van der Waals surface area (Å²) in [5, 5.41) is 53.9. The molecule has 1 amide bonds. The first-order valence-corrected chi connectivity index (χ1v) is 20.2. The fourth-order valence-electron chi connectivity index (χ4n) is 6.10. The lowest BCUT2D eigenvalue weighted by Gasteiger charge is -2.40. The first kappa shape index (κ1) is 46.4. The predicted molar refractivity (Wildman–Crippen MR) is 203 cm³/mol. The summed E-state index contributed by atoms with van der Waals surface area (Å²) in [6.07, 6.45) is 30.4. The Kier molecular flexibility index (Phi) is 29.8. The molecule has 1 aliphatic rings. The van der Waals surface area contributed by atoms with Crippen LogP contribution >= 0.6 is 0 Å². The minimum atomic E-state index is -1.57. The molecule has 0 aliphatic carbocycles. The number of aliphatic hydroxyl groups excluding tert-OH is 5. The fraction of sp³-hybridized carbons (Fsp3) is 0.829. The van der Waals surface area contributed by atoms with E-state index in [9.17, 15) is 30.3 Å². The normalized spacial score (nSPS) is 22.6. The number of nitrogens with one attached hydrogen (secondary N) is 1. The van der Waals surface area contributed by atoms with Gasteiger partial charge in [-0.15, -0.1) is 0 Å². The number of allylic oxidation sites excluding steroid dienone is 5. The molecule has 1 aliphatic heterocycles. The Hall–Kier alpha value is -1.59. The van der Waals surface area contributed by atoms with Crippen LogP contribution in [0.4, 0.5) is 0 Å². The molecule has 0 aromatic heterocycles. The molecule has 0 radical (unpaired) electrons. The summed E-state index contributed by atoms with van der Waals surface area (Å²) in [7, 11) is 0. The fourth-order valence-corrected chi connectivity index (χ4v) is 6.10. The standard InChI is InChI=1S/C41H75NO8/c1-3-5-7-9-11-13-15-17-18-19-20-22-24-26-28-30-35(44)34(33-49-41-40(48)39(47)38(46)36(32-43)50-41)42-37(45)31-29-27-25-23-21-16-14-12-10-8-6-4-2/h12,14,20,22,28,30,34-36,38-41,43-44,46-48H,3-11,13,15-19,21,23-27,29,31-33H2,1-2H3,(H,42,45)/b14-12-,22-20+,30-28+. The van der Waals surface area contributed by atoms with Crippen molar-refractivity contribution in [3.8, 4) is 0 Å². The molecule has 1 fully saturated rings. The van der Waals surface area contributed by atoms with Gasteiger partial charge in [0.1, 0.15) is 24.4 Å². The van der Waals surface area contributed by atoms with Crippen molar-refractivity contribution in [2.24, 2.45) is 0 Å². The van der Waals surface area contributed by atoms with Crippen LogP contribution in [0.2, 0.25) is 0 Å². The largest absolute Gasteiger partial charge is 0.394 e. The van der Waals surface area contributed by atoms with Gasteiger partial charge in [0.15, 0.2) is 6.29 Å². The van der Waals surface area contributed by atoms with Crippen molar-refractivity contribution in [3.05, 3.63) is 36.5 Å². The molecule has 6 N–H and O–H groups in total. The van der Waals surface area contributed by atoms with Gasteiger partial charge in [0.2, 0.25) is 5.91 Å². The van der Waals surface area contributed by atoms with E-state index in [1.54, 1.807) is 6.08 Å². The lowest BCUT2D eigenvalue weighted by molar-refractivity contribution is -0.302. The Labute approximate surface area is 304 Å². The number of hydrogen-bond donors (Lipinski definition) is 6. The molecule has 0 aromatic carbocycles. The summed E-state index contributed by atoms with van der Waals surface area (Å²) in [6, 6.07) is -0.822. The van der Waals surface area contributed by atoms with E-state index in [0.29, 0.717) is 6.42 Å². The quantitative estimate of drug-likeness (QED) is 0.0314. The molecular formula is C41H75NO8. The van der Waals surface area contributed by atoms with Crippen LogP contribution in [0.1, 0.15) is 162 Å². The Morgan fingerprint density at radius 2 is 1.14 bits per heavy atom. The second-order valence-corrected chi connectivity index (χ2v) is 14.1. The minimum absolute atomic E-state index is 0.200. The molecule has 9 heteroatoms. The van der Waals surface area contributed by atoms with E-state index in [4.69, 9.17) is 9.47 Å². The van der Waals surface area contributed by atoms with Crippen LogP contribution in [0.15, 0.2) is 36.5 Å². The summed E-state index contributed by atoms with van der Waals surface area (Å²) in [5.41, 5.74) is 0. The van der Waals surface area contributed by atoms with Crippen LogP contribution in [-0.2, 0) is 14.3 Å². The second kappa shape index (κ2) is 32.1. The highest BCUT2D eigenvalue weighted by Gasteiger charge is 2.44. The molecule has 0 bridgehead atoms. The number of rotatable bonds is 32. The molecule has 0 saturated carbocycles. The number of carbonyl (C=O) groups is 1. The third-order valence-electron chi connectivity index (χ3n) is 9.44. The molecule has 0 aromatic rings. The Morgan fingerprint density at radius 3 is 1.72 bits per heavy atom. The smallest absolute Gasteiger partial charge is 0.220 e. The van der Waals surface area contributed by atoms with E-state index in [1.165, 1.54) is 83.5 Å². The minimum Gasteiger partial charge on any atom is -0.394 e. The Morgan fingerprint density at radius 1 is 0.660 bits per heavy atom. The van der Waals surface area contributed by atoms with Crippen LogP contribution in [0, 0.1) is 0 Å². The van der Waals surface area contributed by atoms with Crippen molar-refractivity contribution in [2.75, 3.05) is 13.2 Å².